The van der Waals surface area contributed by atoms with Gasteiger partial charge in [-0.1, -0.05) is 36.4 Å². The minimum atomic E-state index is -0.223. The number of nitrogens with zero attached hydrogens (tertiary/aromatic N) is 1. The van der Waals surface area contributed by atoms with Crippen molar-refractivity contribution < 1.29 is 9.59 Å². The zero-order chi connectivity index (χ0) is 18.7. The Balaban J connectivity index is 1.88. The highest BCUT2D eigenvalue weighted by Gasteiger charge is 2.18. The third-order valence-corrected chi connectivity index (χ3v) is 5.28. The Labute approximate surface area is 156 Å². The van der Waals surface area contributed by atoms with Crippen molar-refractivity contribution in [2.45, 2.75) is 13.8 Å². The molecule has 0 fully saturated rings. The van der Waals surface area contributed by atoms with Crippen molar-refractivity contribution in [1.29, 1.82) is 0 Å². The van der Waals surface area contributed by atoms with Crippen LogP contribution in [0.15, 0.2) is 48.5 Å². The second-order valence-corrected chi connectivity index (χ2v) is 6.81. The molecule has 0 aliphatic rings. The highest BCUT2D eigenvalue weighted by molar-refractivity contribution is 7.17. The van der Waals surface area contributed by atoms with Gasteiger partial charge < -0.3 is 10.6 Å². The van der Waals surface area contributed by atoms with Crippen LogP contribution < -0.4 is 10.6 Å². The van der Waals surface area contributed by atoms with Gasteiger partial charge in [0.15, 0.2) is 0 Å². The molecule has 2 amide bonds. The van der Waals surface area contributed by atoms with Crippen LogP contribution in [0.3, 0.4) is 0 Å². The summed E-state index contributed by atoms with van der Waals surface area (Å²) in [6.07, 6.45) is 0. The lowest BCUT2D eigenvalue weighted by molar-refractivity contribution is 0.0961. The number of amides is 2. The van der Waals surface area contributed by atoms with Crippen molar-refractivity contribution in [3.63, 3.8) is 0 Å². The van der Waals surface area contributed by atoms with E-state index in [1.807, 2.05) is 44.2 Å². The van der Waals surface area contributed by atoms with Crippen molar-refractivity contribution in [2.24, 2.45) is 0 Å². The van der Waals surface area contributed by atoms with Gasteiger partial charge in [0.25, 0.3) is 11.8 Å². The minimum absolute atomic E-state index is 0.182. The summed E-state index contributed by atoms with van der Waals surface area (Å²) in [7, 11) is 1.58. The summed E-state index contributed by atoms with van der Waals surface area (Å²) in [6.45, 7) is 3.64. The summed E-state index contributed by atoms with van der Waals surface area (Å²) in [5, 5.41) is 6.32. The van der Waals surface area contributed by atoms with E-state index in [-0.39, 0.29) is 11.8 Å². The summed E-state index contributed by atoms with van der Waals surface area (Å²) in [4.78, 5) is 29.7. The van der Waals surface area contributed by atoms with Crippen LogP contribution in [0, 0.1) is 13.8 Å². The smallest absolute Gasteiger partial charge is 0.267 e. The van der Waals surface area contributed by atoms with Gasteiger partial charge in [-0.15, -0.1) is 11.3 Å². The highest BCUT2D eigenvalue weighted by atomic mass is 32.1. The van der Waals surface area contributed by atoms with Crippen molar-refractivity contribution in [3.8, 4) is 10.6 Å². The summed E-state index contributed by atoms with van der Waals surface area (Å²) >= 11 is 1.36. The van der Waals surface area contributed by atoms with Crippen molar-refractivity contribution in [1.82, 2.24) is 10.3 Å². The third-order valence-electron chi connectivity index (χ3n) is 4.08. The number of carbonyl (C=O) groups excluding carboxylic acids is 2. The largest absolute Gasteiger partial charge is 0.355 e. The van der Waals surface area contributed by atoms with Crippen LogP contribution in [0.2, 0.25) is 0 Å². The predicted octanol–water partition coefficient (Wildman–Crippen LogP) is 4.04. The fraction of sp³-hybridized carbons (Fsp3) is 0.150. The topological polar surface area (TPSA) is 71.1 Å². The Kier molecular flexibility index (Phi) is 5.14. The van der Waals surface area contributed by atoms with Crippen LogP contribution in [-0.2, 0) is 0 Å². The molecule has 0 radical (unpaired) electrons. The van der Waals surface area contributed by atoms with Gasteiger partial charge in [-0.2, -0.15) is 0 Å². The minimum Gasteiger partial charge on any atom is -0.355 e. The van der Waals surface area contributed by atoms with Crippen LogP contribution >= 0.6 is 11.3 Å². The second kappa shape index (κ2) is 7.49. The number of anilines is 1. The average Bonchev–Trinajstić information content (AvgIpc) is 3.05. The molecule has 0 saturated carbocycles. The zero-order valence-electron chi connectivity index (χ0n) is 14.8. The quantitative estimate of drug-likeness (QED) is 0.733. The molecular weight excluding hydrogens is 346 g/mol. The molecule has 0 atom stereocenters. The standard InChI is InChI=1S/C20H19N3O2S/c1-12-15(18(24)21-3)10-7-11-16(12)23-19(25)17-13(2)22-20(26-17)14-8-5-4-6-9-14/h4-11H,1-3H3,(H,21,24)(H,23,25). The third kappa shape index (κ3) is 3.50. The van der Waals surface area contributed by atoms with Crippen LogP contribution in [0.5, 0.6) is 0 Å². The number of thiazole rings is 1. The van der Waals surface area contributed by atoms with Gasteiger partial charge in [-0.05, 0) is 31.5 Å². The van der Waals surface area contributed by atoms with E-state index >= 15 is 0 Å². The van der Waals surface area contributed by atoms with Gasteiger partial charge in [0.1, 0.15) is 9.88 Å². The fourth-order valence-electron chi connectivity index (χ4n) is 2.64. The maximum Gasteiger partial charge on any atom is 0.267 e. The molecule has 0 spiro atoms. The maximum atomic E-state index is 12.7. The Morgan fingerprint density at radius 1 is 0.962 bits per heavy atom. The molecule has 0 aliphatic heterocycles. The van der Waals surface area contributed by atoms with Gasteiger partial charge in [-0.3, -0.25) is 9.59 Å². The normalized spacial score (nSPS) is 10.4. The first-order chi connectivity index (χ1) is 12.5. The second-order valence-electron chi connectivity index (χ2n) is 5.81. The summed E-state index contributed by atoms with van der Waals surface area (Å²) in [6, 6.07) is 15.0. The van der Waals surface area contributed by atoms with Crippen LogP contribution in [0.1, 0.15) is 31.3 Å². The first-order valence-electron chi connectivity index (χ1n) is 8.17. The van der Waals surface area contributed by atoms with E-state index in [1.165, 1.54) is 11.3 Å². The molecule has 1 aromatic heterocycles. The van der Waals surface area contributed by atoms with Crippen molar-refractivity contribution in [3.05, 3.63) is 70.2 Å². The SMILES string of the molecule is CNC(=O)c1cccc(NC(=O)c2sc(-c3ccccc3)nc2C)c1C. The molecule has 0 aliphatic carbocycles. The fourth-order valence-corrected chi connectivity index (χ4v) is 3.61. The summed E-state index contributed by atoms with van der Waals surface area (Å²) in [5.74, 6) is -0.404. The molecule has 5 nitrogen and oxygen atoms in total. The number of nitrogens with one attached hydrogen (secondary N) is 2. The number of rotatable bonds is 4. The van der Waals surface area contributed by atoms with E-state index in [0.29, 0.717) is 21.8 Å². The Hall–Kier alpha value is -2.99. The zero-order valence-corrected chi connectivity index (χ0v) is 15.6. The molecule has 0 unspecified atom stereocenters. The van der Waals surface area contributed by atoms with E-state index in [2.05, 4.69) is 15.6 Å². The molecular formula is C20H19N3O2S. The van der Waals surface area contributed by atoms with E-state index in [0.717, 1.165) is 16.1 Å². The molecule has 3 aromatic rings. The van der Waals surface area contributed by atoms with E-state index < -0.39 is 0 Å². The average molecular weight is 365 g/mol. The number of aromatic nitrogens is 1. The van der Waals surface area contributed by atoms with Crippen molar-refractivity contribution >= 4 is 28.8 Å². The number of benzene rings is 2. The number of hydrogen-bond donors (Lipinski definition) is 2. The first-order valence-corrected chi connectivity index (χ1v) is 8.98. The molecule has 0 bridgehead atoms. The summed E-state index contributed by atoms with van der Waals surface area (Å²) < 4.78 is 0. The van der Waals surface area contributed by atoms with Gasteiger partial charge in [0.2, 0.25) is 0 Å². The number of aryl methyl sites for hydroxylation is 1. The number of carbonyl (C=O) groups is 2. The maximum absolute atomic E-state index is 12.7. The lowest BCUT2D eigenvalue weighted by atomic mass is 10.1. The molecule has 2 aromatic carbocycles. The Morgan fingerprint density at radius 3 is 2.38 bits per heavy atom. The molecule has 2 N–H and O–H groups in total. The predicted molar refractivity (Wildman–Crippen MR) is 105 cm³/mol. The molecule has 1 heterocycles. The molecule has 6 heteroatoms. The lowest BCUT2D eigenvalue weighted by Crippen LogP contribution is -2.20. The Bertz CT molecular complexity index is 964. The van der Waals surface area contributed by atoms with Crippen LogP contribution in [-0.4, -0.2) is 23.8 Å². The van der Waals surface area contributed by atoms with Crippen LogP contribution in [0.25, 0.3) is 10.6 Å². The molecule has 26 heavy (non-hydrogen) atoms. The van der Waals surface area contributed by atoms with E-state index in [4.69, 9.17) is 0 Å². The Morgan fingerprint density at radius 2 is 1.69 bits per heavy atom. The number of hydrogen-bond acceptors (Lipinski definition) is 4. The molecule has 3 rings (SSSR count). The van der Waals surface area contributed by atoms with Gasteiger partial charge in [0.05, 0.1) is 5.69 Å². The van der Waals surface area contributed by atoms with E-state index in [1.54, 1.807) is 25.2 Å². The highest BCUT2D eigenvalue weighted by Crippen LogP contribution is 2.29. The van der Waals surface area contributed by atoms with Gasteiger partial charge >= 0.3 is 0 Å². The van der Waals surface area contributed by atoms with Crippen LogP contribution in [0.4, 0.5) is 5.69 Å². The first kappa shape index (κ1) is 17.8. The van der Waals surface area contributed by atoms with Gasteiger partial charge in [0, 0.05) is 23.9 Å². The monoisotopic (exact) mass is 365 g/mol. The molecule has 132 valence electrons. The molecule has 0 saturated heterocycles. The van der Waals surface area contributed by atoms with Crippen molar-refractivity contribution in [2.75, 3.05) is 12.4 Å². The lowest BCUT2D eigenvalue weighted by Gasteiger charge is -2.11. The summed E-state index contributed by atoms with van der Waals surface area (Å²) in [5.41, 5.74) is 3.55. The van der Waals surface area contributed by atoms with E-state index in [9.17, 15) is 9.59 Å². The van der Waals surface area contributed by atoms with Gasteiger partial charge in [-0.25, -0.2) is 4.98 Å².